The van der Waals surface area contributed by atoms with E-state index in [0.717, 1.165) is 5.56 Å². The van der Waals surface area contributed by atoms with Gasteiger partial charge in [-0.25, -0.2) is 9.18 Å². The lowest BCUT2D eigenvalue weighted by molar-refractivity contribution is 0.0217. The Morgan fingerprint density at radius 1 is 1.48 bits per heavy atom. The van der Waals surface area contributed by atoms with Crippen molar-refractivity contribution in [1.29, 1.82) is 0 Å². The molecule has 0 aliphatic carbocycles. The van der Waals surface area contributed by atoms with E-state index in [1.54, 1.807) is 11.0 Å². The SMILES string of the molecule is CC(C)(C)OC(=O)N1CC[C@]2(c3cccc(F)c3)O[C@H]2C1. The van der Waals surface area contributed by atoms with Crippen molar-refractivity contribution >= 4 is 6.09 Å². The molecule has 1 aromatic rings. The molecule has 0 N–H and O–H groups in total. The standard InChI is InChI=1S/C16H20FNO3/c1-15(2,3)21-14(19)18-8-7-16(13(10-18)20-16)11-5-4-6-12(17)9-11/h4-6,9,13H,7-8,10H2,1-3H3/t13-,16+/m0/s1. The Hall–Kier alpha value is -1.62. The average molecular weight is 293 g/mol. The lowest BCUT2D eigenvalue weighted by Crippen LogP contribution is -2.44. The molecule has 114 valence electrons. The molecule has 0 saturated carbocycles. The third kappa shape index (κ3) is 2.75. The lowest BCUT2D eigenvalue weighted by atomic mass is 9.89. The molecule has 0 radical (unpaired) electrons. The van der Waals surface area contributed by atoms with Crippen molar-refractivity contribution in [1.82, 2.24) is 4.90 Å². The average Bonchev–Trinajstić information content (AvgIpc) is 3.11. The van der Waals surface area contributed by atoms with Gasteiger partial charge in [-0.2, -0.15) is 0 Å². The second kappa shape index (κ2) is 4.70. The predicted octanol–water partition coefficient (Wildman–Crippen LogP) is 3.06. The van der Waals surface area contributed by atoms with Crippen molar-refractivity contribution in [3.8, 4) is 0 Å². The van der Waals surface area contributed by atoms with Crippen LogP contribution in [-0.4, -0.2) is 35.8 Å². The minimum Gasteiger partial charge on any atom is -0.444 e. The van der Waals surface area contributed by atoms with Gasteiger partial charge in [0.1, 0.15) is 23.1 Å². The van der Waals surface area contributed by atoms with Gasteiger partial charge in [0.05, 0.1) is 6.54 Å². The Morgan fingerprint density at radius 3 is 2.86 bits per heavy atom. The van der Waals surface area contributed by atoms with E-state index in [-0.39, 0.29) is 18.0 Å². The number of epoxide rings is 1. The van der Waals surface area contributed by atoms with Crippen molar-refractivity contribution in [3.63, 3.8) is 0 Å². The molecule has 2 fully saturated rings. The van der Waals surface area contributed by atoms with Gasteiger partial charge in [-0.1, -0.05) is 12.1 Å². The minimum atomic E-state index is -0.501. The quantitative estimate of drug-likeness (QED) is 0.747. The zero-order valence-corrected chi connectivity index (χ0v) is 12.6. The van der Waals surface area contributed by atoms with Crippen LogP contribution < -0.4 is 0 Å². The number of likely N-dealkylation sites (tertiary alicyclic amines) is 1. The number of nitrogens with zero attached hydrogens (tertiary/aromatic N) is 1. The van der Waals surface area contributed by atoms with Gasteiger partial charge in [-0.15, -0.1) is 0 Å². The van der Waals surface area contributed by atoms with Crippen molar-refractivity contribution in [2.75, 3.05) is 13.1 Å². The van der Waals surface area contributed by atoms with Gasteiger partial charge in [0.15, 0.2) is 0 Å². The van der Waals surface area contributed by atoms with E-state index in [0.29, 0.717) is 19.5 Å². The Bertz CT molecular complexity index is 569. The van der Waals surface area contributed by atoms with Crippen LogP contribution in [0.15, 0.2) is 24.3 Å². The van der Waals surface area contributed by atoms with E-state index < -0.39 is 11.2 Å². The monoisotopic (exact) mass is 293 g/mol. The molecule has 1 aromatic carbocycles. The Balaban J connectivity index is 1.67. The normalized spacial score (nSPS) is 28.0. The number of rotatable bonds is 1. The summed E-state index contributed by atoms with van der Waals surface area (Å²) in [5.41, 5.74) is -0.0597. The highest BCUT2D eigenvalue weighted by molar-refractivity contribution is 5.68. The van der Waals surface area contributed by atoms with Crippen molar-refractivity contribution in [2.45, 2.75) is 44.5 Å². The minimum absolute atomic E-state index is 0.0689. The summed E-state index contributed by atoms with van der Waals surface area (Å²) >= 11 is 0. The number of hydrogen-bond donors (Lipinski definition) is 0. The molecule has 4 nitrogen and oxygen atoms in total. The first-order valence-electron chi connectivity index (χ1n) is 7.22. The van der Waals surface area contributed by atoms with Crippen molar-refractivity contribution in [2.24, 2.45) is 0 Å². The molecule has 2 heterocycles. The van der Waals surface area contributed by atoms with Gasteiger partial charge >= 0.3 is 6.09 Å². The molecule has 0 aromatic heterocycles. The summed E-state index contributed by atoms with van der Waals surface area (Å²) < 4.78 is 24.5. The first-order chi connectivity index (χ1) is 9.80. The maximum Gasteiger partial charge on any atom is 0.410 e. The van der Waals surface area contributed by atoms with Crippen LogP contribution in [0.3, 0.4) is 0 Å². The molecule has 0 unspecified atom stereocenters. The molecule has 2 saturated heterocycles. The van der Waals surface area contributed by atoms with Crippen LogP contribution >= 0.6 is 0 Å². The predicted molar refractivity (Wildman–Crippen MR) is 75.4 cm³/mol. The fourth-order valence-electron chi connectivity index (χ4n) is 2.86. The molecule has 1 amide bonds. The molecule has 2 atom stereocenters. The highest BCUT2D eigenvalue weighted by atomic mass is 19.1. The zero-order valence-electron chi connectivity index (χ0n) is 12.6. The van der Waals surface area contributed by atoms with Crippen LogP contribution in [-0.2, 0) is 15.1 Å². The molecule has 0 bridgehead atoms. The second-order valence-electron chi connectivity index (χ2n) is 6.68. The molecule has 0 spiro atoms. The smallest absolute Gasteiger partial charge is 0.410 e. The number of fused-ring (bicyclic) bond motifs is 1. The maximum atomic E-state index is 13.4. The molecule has 2 aliphatic rings. The number of ether oxygens (including phenoxy) is 2. The summed E-state index contributed by atoms with van der Waals surface area (Å²) in [4.78, 5) is 13.7. The molecule has 3 rings (SSSR count). The molecular formula is C16H20FNO3. The van der Waals surface area contributed by atoms with E-state index in [4.69, 9.17) is 9.47 Å². The number of carbonyl (C=O) groups is 1. The number of piperidine rings is 1. The first-order valence-corrected chi connectivity index (χ1v) is 7.22. The van der Waals surface area contributed by atoms with E-state index >= 15 is 0 Å². The maximum absolute atomic E-state index is 13.4. The van der Waals surface area contributed by atoms with Crippen LogP contribution in [0.2, 0.25) is 0 Å². The summed E-state index contributed by atoms with van der Waals surface area (Å²) in [5.74, 6) is -0.259. The Morgan fingerprint density at radius 2 is 2.24 bits per heavy atom. The van der Waals surface area contributed by atoms with E-state index in [1.165, 1.54) is 12.1 Å². The lowest BCUT2D eigenvalue weighted by Gasteiger charge is -2.31. The van der Waals surface area contributed by atoms with Crippen LogP contribution in [0, 0.1) is 5.82 Å². The van der Waals surface area contributed by atoms with Crippen LogP contribution in [0.25, 0.3) is 0 Å². The van der Waals surface area contributed by atoms with Crippen molar-refractivity contribution in [3.05, 3.63) is 35.6 Å². The summed E-state index contributed by atoms with van der Waals surface area (Å²) in [6.45, 7) is 6.59. The third-order valence-corrected chi connectivity index (χ3v) is 3.92. The first kappa shape index (κ1) is 14.3. The second-order valence-corrected chi connectivity index (χ2v) is 6.68. The Kier molecular flexibility index (Phi) is 3.20. The van der Waals surface area contributed by atoms with Gasteiger partial charge in [0.25, 0.3) is 0 Å². The Labute approximate surface area is 123 Å². The van der Waals surface area contributed by atoms with Crippen LogP contribution in [0.4, 0.5) is 9.18 Å². The van der Waals surface area contributed by atoms with Gasteiger partial charge in [-0.05, 0) is 38.5 Å². The van der Waals surface area contributed by atoms with E-state index in [9.17, 15) is 9.18 Å². The fraction of sp³-hybridized carbons (Fsp3) is 0.562. The van der Waals surface area contributed by atoms with Crippen molar-refractivity contribution < 1.29 is 18.7 Å². The van der Waals surface area contributed by atoms with Gasteiger partial charge < -0.3 is 14.4 Å². The highest BCUT2D eigenvalue weighted by Gasteiger charge is 2.60. The summed E-state index contributed by atoms with van der Waals surface area (Å²) in [6, 6.07) is 6.51. The summed E-state index contributed by atoms with van der Waals surface area (Å²) in [6.07, 6.45) is 0.284. The molecular weight excluding hydrogens is 273 g/mol. The third-order valence-electron chi connectivity index (χ3n) is 3.92. The highest BCUT2D eigenvalue weighted by Crippen LogP contribution is 2.52. The topological polar surface area (TPSA) is 42.1 Å². The van der Waals surface area contributed by atoms with E-state index in [2.05, 4.69) is 0 Å². The number of hydrogen-bond acceptors (Lipinski definition) is 3. The largest absolute Gasteiger partial charge is 0.444 e. The zero-order chi connectivity index (χ0) is 15.3. The van der Waals surface area contributed by atoms with Gasteiger partial charge in [0, 0.05) is 13.0 Å². The number of benzene rings is 1. The summed E-state index contributed by atoms with van der Waals surface area (Å²) in [7, 11) is 0. The van der Waals surface area contributed by atoms with Crippen LogP contribution in [0.5, 0.6) is 0 Å². The number of halogens is 1. The van der Waals surface area contributed by atoms with E-state index in [1.807, 2.05) is 26.8 Å². The molecule has 2 aliphatic heterocycles. The summed E-state index contributed by atoms with van der Waals surface area (Å²) in [5, 5.41) is 0. The van der Waals surface area contributed by atoms with Gasteiger partial charge in [-0.3, -0.25) is 0 Å². The number of carbonyl (C=O) groups excluding carboxylic acids is 1. The van der Waals surface area contributed by atoms with Gasteiger partial charge in [0.2, 0.25) is 0 Å². The number of amides is 1. The molecule has 5 heteroatoms. The molecule has 21 heavy (non-hydrogen) atoms. The fourth-order valence-corrected chi connectivity index (χ4v) is 2.86. The van der Waals surface area contributed by atoms with Crippen LogP contribution in [0.1, 0.15) is 32.8 Å².